The Kier molecular flexibility index (Phi) is 5.78. The highest BCUT2D eigenvalue weighted by molar-refractivity contribution is 5.97. The van der Waals surface area contributed by atoms with E-state index in [1.165, 1.54) is 10.6 Å². The van der Waals surface area contributed by atoms with Gasteiger partial charge in [-0.15, -0.1) is 0 Å². The molecule has 0 saturated carbocycles. The first kappa shape index (κ1) is 22.6. The van der Waals surface area contributed by atoms with E-state index < -0.39 is 11.9 Å². The molecule has 3 aromatic heterocycles. The first-order valence-corrected chi connectivity index (χ1v) is 10.3. The van der Waals surface area contributed by atoms with Crippen molar-refractivity contribution in [3.05, 3.63) is 47.8 Å². The molecule has 12 heteroatoms. The number of halogens is 3. The zero-order chi connectivity index (χ0) is 23.9. The van der Waals surface area contributed by atoms with Crippen molar-refractivity contribution in [3.8, 4) is 11.5 Å². The van der Waals surface area contributed by atoms with Gasteiger partial charge in [0.15, 0.2) is 17.2 Å². The predicted octanol–water partition coefficient (Wildman–Crippen LogP) is 2.64. The van der Waals surface area contributed by atoms with Crippen LogP contribution >= 0.6 is 0 Å². The Hall–Kier alpha value is -3.54. The molecule has 9 nitrogen and oxygen atoms in total. The van der Waals surface area contributed by atoms with E-state index in [0.29, 0.717) is 36.0 Å². The van der Waals surface area contributed by atoms with Gasteiger partial charge in [0.2, 0.25) is 0 Å². The molecule has 1 saturated heterocycles. The summed E-state index contributed by atoms with van der Waals surface area (Å²) in [5.74, 6) is 0.867. The molecular weight excluding hydrogens is 435 g/mol. The number of fused-ring (bicyclic) bond motifs is 1. The molecule has 4 heterocycles. The number of rotatable bonds is 4. The minimum absolute atomic E-state index is 0.0899. The largest absolute Gasteiger partial charge is 0.434 e. The lowest BCUT2D eigenvalue weighted by atomic mass is 9.97. The van der Waals surface area contributed by atoms with Gasteiger partial charge in [0.1, 0.15) is 11.5 Å². The third-order valence-electron chi connectivity index (χ3n) is 5.44. The van der Waals surface area contributed by atoms with Gasteiger partial charge in [0.05, 0.1) is 18.4 Å². The number of aromatic nitrogens is 5. The normalized spacial score (nSPS) is 20.1. The van der Waals surface area contributed by atoms with Crippen LogP contribution in [0.3, 0.4) is 0 Å². The number of hydrogen-bond donors (Lipinski definition) is 3. The third-order valence-corrected chi connectivity index (χ3v) is 5.44. The van der Waals surface area contributed by atoms with E-state index in [9.17, 15) is 13.2 Å². The fraction of sp³-hybridized carbons (Fsp3) is 0.381. The maximum atomic E-state index is 13.1. The van der Waals surface area contributed by atoms with Gasteiger partial charge in [0, 0.05) is 48.5 Å². The summed E-state index contributed by atoms with van der Waals surface area (Å²) in [4.78, 5) is 18.5. The minimum Gasteiger partial charge on any atom is -0.402 e. The molecule has 1 aliphatic heterocycles. The summed E-state index contributed by atoms with van der Waals surface area (Å²) in [7, 11) is 0. The highest BCUT2D eigenvalue weighted by atomic mass is 19.4. The van der Waals surface area contributed by atoms with Crippen molar-refractivity contribution in [2.75, 3.05) is 18.0 Å². The quantitative estimate of drug-likeness (QED) is 0.513. The summed E-state index contributed by atoms with van der Waals surface area (Å²) < 4.78 is 40.7. The number of hydrogen-bond acceptors (Lipinski definition) is 8. The van der Waals surface area contributed by atoms with Crippen LogP contribution in [0.25, 0.3) is 17.2 Å². The van der Waals surface area contributed by atoms with Gasteiger partial charge in [-0.1, -0.05) is 0 Å². The van der Waals surface area contributed by atoms with Crippen molar-refractivity contribution in [1.29, 1.82) is 5.41 Å². The van der Waals surface area contributed by atoms with Gasteiger partial charge in [0.25, 0.3) is 0 Å². The minimum atomic E-state index is -4.58. The maximum Gasteiger partial charge on any atom is 0.434 e. The highest BCUT2D eigenvalue weighted by Crippen LogP contribution is 2.29. The van der Waals surface area contributed by atoms with E-state index >= 15 is 0 Å². The van der Waals surface area contributed by atoms with E-state index in [4.69, 9.17) is 11.1 Å². The number of alkyl halides is 3. The standard InChI is InChI=1S/C21H24F3N9/c1-11-8-32(9-14(30-11)19(12(2)25)13(3)26)17-4-5-27-20(31-17)15-6-29-18-7-28-16(10-33(15)18)21(22,23)24/h4-7,10-11,14,25,30H,8-9,26H2,1-3H3/b19-13+,25-12?. The van der Waals surface area contributed by atoms with Crippen LogP contribution in [0.15, 0.2) is 42.1 Å². The van der Waals surface area contributed by atoms with Crippen molar-refractivity contribution in [3.63, 3.8) is 0 Å². The fourth-order valence-corrected chi connectivity index (χ4v) is 4.12. The zero-order valence-electron chi connectivity index (χ0n) is 18.4. The third kappa shape index (κ3) is 4.51. The molecule has 0 radical (unpaired) electrons. The number of allylic oxidation sites excluding steroid dienone is 1. The second-order valence-electron chi connectivity index (χ2n) is 8.13. The molecular formula is C21H24F3N9. The van der Waals surface area contributed by atoms with Crippen molar-refractivity contribution in [2.45, 2.75) is 39.0 Å². The average Bonchev–Trinajstić information content (AvgIpc) is 3.15. The smallest absolute Gasteiger partial charge is 0.402 e. The second kappa shape index (κ2) is 8.43. The molecule has 3 aromatic rings. The Morgan fingerprint density at radius 1 is 1.18 bits per heavy atom. The van der Waals surface area contributed by atoms with Gasteiger partial charge in [-0.3, -0.25) is 4.40 Å². The number of nitrogens with zero attached hydrogens (tertiary/aromatic N) is 6. The van der Waals surface area contributed by atoms with Crippen LogP contribution in [-0.2, 0) is 6.18 Å². The second-order valence-corrected chi connectivity index (χ2v) is 8.13. The van der Waals surface area contributed by atoms with Crippen LogP contribution in [0.4, 0.5) is 19.0 Å². The Morgan fingerprint density at radius 2 is 1.94 bits per heavy atom. The Morgan fingerprint density at radius 3 is 2.61 bits per heavy atom. The fourth-order valence-electron chi connectivity index (χ4n) is 4.12. The summed E-state index contributed by atoms with van der Waals surface area (Å²) in [5.41, 5.74) is 7.32. The van der Waals surface area contributed by atoms with E-state index in [-0.39, 0.29) is 23.6 Å². The van der Waals surface area contributed by atoms with Gasteiger partial charge in [-0.2, -0.15) is 13.2 Å². The van der Waals surface area contributed by atoms with Crippen molar-refractivity contribution < 1.29 is 13.2 Å². The molecule has 1 aliphatic rings. The lowest BCUT2D eigenvalue weighted by Gasteiger charge is -2.39. The molecule has 0 spiro atoms. The Labute approximate surface area is 188 Å². The number of anilines is 1. The summed E-state index contributed by atoms with van der Waals surface area (Å²) in [5, 5.41) is 11.6. The first-order valence-electron chi connectivity index (χ1n) is 10.3. The predicted molar refractivity (Wildman–Crippen MR) is 118 cm³/mol. The van der Waals surface area contributed by atoms with Crippen molar-refractivity contribution >= 4 is 17.2 Å². The summed E-state index contributed by atoms with van der Waals surface area (Å²) in [6, 6.07) is 1.68. The average molecular weight is 459 g/mol. The van der Waals surface area contributed by atoms with Crippen LogP contribution in [-0.4, -0.2) is 55.2 Å². The van der Waals surface area contributed by atoms with Crippen LogP contribution in [0.5, 0.6) is 0 Å². The van der Waals surface area contributed by atoms with Crippen LogP contribution in [0, 0.1) is 5.41 Å². The number of nitrogens with two attached hydrogens (primary N) is 1. The topological polar surface area (TPSA) is 121 Å². The lowest BCUT2D eigenvalue weighted by Crippen LogP contribution is -2.57. The summed E-state index contributed by atoms with van der Waals surface area (Å²) in [6.45, 7) is 6.68. The number of piperazine rings is 1. The monoisotopic (exact) mass is 459 g/mol. The summed E-state index contributed by atoms with van der Waals surface area (Å²) in [6.07, 6.45) is 0.379. The SMILES string of the molecule is CC(=N)/C(=C(/C)N)C1CN(c2ccnc(-c3cnc4cnc(C(F)(F)F)cn34)n2)CC(C)N1. The van der Waals surface area contributed by atoms with Gasteiger partial charge >= 0.3 is 6.18 Å². The molecule has 174 valence electrons. The van der Waals surface area contributed by atoms with Crippen molar-refractivity contribution in [2.24, 2.45) is 5.73 Å². The molecule has 4 N–H and O–H groups in total. The molecule has 4 rings (SSSR count). The van der Waals surface area contributed by atoms with Crippen LogP contribution in [0.2, 0.25) is 0 Å². The molecule has 0 bridgehead atoms. The Bertz CT molecular complexity index is 1230. The van der Waals surface area contributed by atoms with Gasteiger partial charge in [-0.05, 0) is 26.8 Å². The van der Waals surface area contributed by atoms with Crippen LogP contribution in [0.1, 0.15) is 26.5 Å². The molecule has 0 amide bonds. The molecule has 0 aliphatic carbocycles. The molecule has 1 fully saturated rings. The molecule has 2 atom stereocenters. The lowest BCUT2D eigenvalue weighted by molar-refractivity contribution is -0.141. The van der Waals surface area contributed by atoms with E-state index in [1.54, 1.807) is 26.1 Å². The number of nitrogens with one attached hydrogen (secondary N) is 2. The van der Waals surface area contributed by atoms with Gasteiger partial charge in [-0.25, -0.2) is 19.9 Å². The molecule has 2 unspecified atom stereocenters. The van der Waals surface area contributed by atoms with Crippen molar-refractivity contribution in [1.82, 2.24) is 29.7 Å². The molecule has 0 aromatic carbocycles. The maximum absolute atomic E-state index is 13.1. The van der Waals surface area contributed by atoms with E-state index in [1.807, 2.05) is 6.92 Å². The van der Waals surface area contributed by atoms with Gasteiger partial charge < -0.3 is 21.4 Å². The van der Waals surface area contributed by atoms with E-state index in [0.717, 1.165) is 18.0 Å². The van der Waals surface area contributed by atoms with Crippen LogP contribution < -0.4 is 16.0 Å². The summed E-state index contributed by atoms with van der Waals surface area (Å²) >= 11 is 0. The highest BCUT2D eigenvalue weighted by Gasteiger charge is 2.33. The van der Waals surface area contributed by atoms with E-state index in [2.05, 4.69) is 30.2 Å². The zero-order valence-corrected chi connectivity index (χ0v) is 18.4. The molecule has 33 heavy (non-hydrogen) atoms. The number of imidazole rings is 1. The Balaban J connectivity index is 1.70. The first-order chi connectivity index (χ1) is 15.5.